The van der Waals surface area contributed by atoms with E-state index < -0.39 is 35.6 Å². The van der Waals surface area contributed by atoms with Gasteiger partial charge >= 0.3 is 0 Å². The van der Waals surface area contributed by atoms with Crippen molar-refractivity contribution >= 4 is 69.4 Å². The summed E-state index contributed by atoms with van der Waals surface area (Å²) in [5.41, 5.74) is 8.50. The van der Waals surface area contributed by atoms with Crippen molar-refractivity contribution in [3.05, 3.63) is 150 Å². The molecule has 5 N–H and O–H groups in total. The van der Waals surface area contributed by atoms with Gasteiger partial charge in [-0.05, 0) is 121 Å². The average molecular weight is 1250 g/mol. The van der Waals surface area contributed by atoms with E-state index in [9.17, 15) is 33.9 Å². The van der Waals surface area contributed by atoms with E-state index >= 15 is 0 Å². The fourth-order valence-electron chi connectivity index (χ4n) is 11.6. The van der Waals surface area contributed by atoms with E-state index in [1.165, 1.54) is 30.3 Å². The monoisotopic (exact) mass is 1250 g/mol. The summed E-state index contributed by atoms with van der Waals surface area (Å²) in [7, 11) is 3.61. The third-order valence-corrected chi connectivity index (χ3v) is 19.0. The minimum Gasteiger partial charge on any atom is -0.391 e. The number of aliphatic hydroxyl groups excluding tert-OH is 1. The highest BCUT2D eigenvalue weighted by Gasteiger charge is 2.44. The summed E-state index contributed by atoms with van der Waals surface area (Å²) < 4.78 is 14.9. The zero-order valence-corrected chi connectivity index (χ0v) is 53.3. The number of carbonyl (C=O) groups excluding carboxylic acids is 5. The summed E-state index contributed by atoms with van der Waals surface area (Å²) in [5.74, 6) is -1.19. The van der Waals surface area contributed by atoms with Gasteiger partial charge in [0.05, 0.1) is 55.3 Å². The molecule has 0 radical (unpaired) electrons. The number of benzene rings is 3. The first-order valence-electron chi connectivity index (χ1n) is 30.5. The van der Waals surface area contributed by atoms with Crippen LogP contribution in [0.2, 0.25) is 0 Å². The molecule has 0 unspecified atom stereocenters. The van der Waals surface area contributed by atoms with E-state index in [4.69, 9.17) is 14.5 Å². The first-order valence-corrected chi connectivity index (χ1v) is 32.2. The van der Waals surface area contributed by atoms with E-state index in [2.05, 4.69) is 49.9 Å². The molecule has 3 aromatic carbocycles. The Balaban J connectivity index is 0.630. The first kappa shape index (κ1) is 64.1. The van der Waals surface area contributed by atoms with Crippen LogP contribution in [0, 0.1) is 19.3 Å². The Morgan fingerprint density at radius 3 is 2.39 bits per heavy atom. The van der Waals surface area contributed by atoms with Gasteiger partial charge in [0, 0.05) is 98.1 Å². The quantitative estimate of drug-likeness (QED) is 0.0366. The highest BCUT2D eigenvalue weighted by atomic mass is 32.1. The van der Waals surface area contributed by atoms with Crippen LogP contribution in [0.1, 0.15) is 101 Å². The molecule has 4 aromatic heterocycles. The van der Waals surface area contributed by atoms with E-state index in [1.807, 2.05) is 124 Å². The molecule has 89 heavy (non-hydrogen) atoms. The SMILES string of the molecule is Cc1ccsc1-c1ccc(CNC(=O)[C@@H]2C[C@@H](O)CN2C(=O)[C@@H](NC(=O)CCOCCc2cn(CCOCCN3CCN(C)[C@H](c4ccc(Nc5nc(-c6cccc(NC(=O)c7cc8c(s7)CCCC8)c6C)cn(C)c5=O)cc4)C3=O)nn2)C(C)(C)C)cc1. The Hall–Kier alpha value is -7.93. The highest BCUT2D eigenvalue weighted by molar-refractivity contribution is 7.14. The molecule has 7 aromatic rings. The van der Waals surface area contributed by atoms with Gasteiger partial charge in [-0.1, -0.05) is 74.5 Å². The lowest BCUT2D eigenvalue weighted by atomic mass is 9.85. The van der Waals surface area contributed by atoms with Gasteiger partial charge in [0.1, 0.15) is 18.1 Å². The van der Waals surface area contributed by atoms with Crippen LogP contribution >= 0.6 is 22.7 Å². The topological polar surface area (TPSA) is 247 Å². The Kier molecular flexibility index (Phi) is 20.7. The fourth-order valence-corrected chi connectivity index (χ4v) is 13.7. The number of β-amino-alcohol motifs (C(OH)–C–C–N with tert-alkyl or cyclic N) is 1. The number of fused-ring (bicyclic) bond motifs is 1. The number of aliphatic hydroxyl groups is 1. The average Bonchev–Trinajstić information content (AvgIpc) is 1.97. The summed E-state index contributed by atoms with van der Waals surface area (Å²) in [5, 5.41) is 33.3. The standard InChI is InChI=1S/C66H80N12O9S2/c1-41-25-34-88-58(41)45-17-15-43(16-18-45)37-67-61(81)53-36-49(79)39-78(53)64(84)59(66(3,4)5)71-56(80)24-31-86-30-23-48-38-77(73-72-48)29-33-87-32-28-76-27-26-74(6)57(63(76)83)44-19-21-47(22-20-44)68-60-65(85)75(7)40-52(69-60)50-12-10-13-51(42(50)2)70-62(82)55-35-46-11-8-9-14-54(46)89-55/h10,12-13,15-22,25,34-35,38,40,49,53,57,59,79H,8-9,11,14,23-24,26-33,36-37,39H2,1-7H3,(H,67,81)(H,68,69)(H,70,82)(H,71,80)/t49-,53+,57-,59-/m1/s1. The number of aryl methyl sites for hydroxylation is 4. The number of thiophene rings is 2. The van der Waals surface area contributed by atoms with Gasteiger partial charge < -0.3 is 50.2 Å². The molecule has 0 saturated carbocycles. The molecule has 3 aliphatic rings. The van der Waals surface area contributed by atoms with Crippen LogP contribution in [0.5, 0.6) is 0 Å². The van der Waals surface area contributed by atoms with E-state index in [0.29, 0.717) is 73.5 Å². The van der Waals surface area contributed by atoms with Gasteiger partial charge in [0.2, 0.25) is 23.6 Å². The third kappa shape index (κ3) is 15.7. The predicted molar refractivity (Wildman–Crippen MR) is 344 cm³/mol. The second-order valence-electron chi connectivity index (χ2n) is 24.4. The summed E-state index contributed by atoms with van der Waals surface area (Å²) in [6, 6.07) is 22.9. The Morgan fingerprint density at radius 2 is 1.64 bits per heavy atom. The van der Waals surface area contributed by atoms with Gasteiger partial charge in [0.15, 0.2) is 5.82 Å². The zero-order chi connectivity index (χ0) is 62.9. The number of piperazine rings is 1. The Labute approximate surface area is 526 Å². The third-order valence-electron chi connectivity index (χ3n) is 16.7. The van der Waals surface area contributed by atoms with Gasteiger partial charge in [-0.25, -0.2) is 9.67 Å². The number of amides is 5. The van der Waals surface area contributed by atoms with Gasteiger partial charge in [-0.2, -0.15) is 0 Å². The molecule has 470 valence electrons. The lowest BCUT2D eigenvalue weighted by Gasteiger charge is -2.39. The number of hydrogen-bond donors (Lipinski definition) is 5. The van der Waals surface area contributed by atoms with Gasteiger partial charge in [-0.15, -0.1) is 27.8 Å². The van der Waals surface area contributed by atoms with Crippen LogP contribution in [0.25, 0.3) is 21.7 Å². The van der Waals surface area contributed by atoms with Crippen LogP contribution in [0.15, 0.2) is 101 Å². The van der Waals surface area contributed by atoms with Crippen LogP contribution in [-0.4, -0.2) is 152 Å². The molecule has 2 saturated heterocycles. The summed E-state index contributed by atoms with van der Waals surface area (Å²) in [6.45, 7) is 13.0. The smallest absolute Gasteiger partial charge is 0.293 e. The van der Waals surface area contributed by atoms with Crippen molar-refractivity contribution in [2.75, 3.05) is 70.3 Å². The van der Waals surface area contributed by atoms with Crippen LogP contribution in [0.3, 0.4) is 0 Å². The van der Waals surface area contributed by atoms with Crippen molar-refractivity contribution in [3.8, 4) is 21.7 Å². The van der Waals surface area contributed by atoms with Gasteiger partial charge in [-0.3, -0.25) is 33.7 Å². The van der Waals surface area contributed by atoms with Gasteiger partial charge in [0.25, 0.3) is 11.5 Å². The molecule has 4 atom stereocenters. The number of hydrogen-bond acceptors (Lipinski definition) is 16. The van der Waals surface area contributed by atoms with E-state index in [-0.39, 0.29) is 74.2 Å². The number of anilines is 3. The molecular weight excluding hydrogens is 1170 g/mol. The van der Waals surface area contributed by atoms with Crippen molar-refractivity contribution in [2.45, 2.75) is 117 Å². The molecule has 21 nitrogen and oxygen atoms in total. The molecule has 0 bridgehead atoms. The van der Waals surface area contributed by atoms with Crippen molar-refractivity contribution in [3.63, 3.8) is 0 Å². The maximum absolute atomic E-state index is 14.1. The fraction of sp³-hybridized carbons (Fsp3) is 0.439. The van der Waals surface area contributed by atoms with Crippen LogP contribution < -0.4 is 26.8 Å². The van der Waals surface area contributed by atoms with Crippen LogP contribution in [-0.2, 0) is 68.1 Å². The second-order valence-corrected chi connectivity index (χ2v) is 26.4. The highest BCUT2D eigenvalue weighted by Crippen LogP contribution is 2.34. The maximum atomic E-state index is 14.1. The molecular formula is C66H80N12O9S2. The number of carbonyl (C=O) groups is 5. The first-order chi connectivity index (χ1) is 42.8. The number of rotatable bonds is 24. The summed E-state index contributed by atoms with van der Waals surface area (Å²) in [6.07, 6.45) is 7.53. The molecule has 5 amide bonds. The molecule has 10 rings (SSSR count). The number of likely N-dealkylation sites (N-methyl/N-ethyl adjacent to an activating group) is 1. The Bertz CT molecular complexity index is 3700. The molecule has 6 heterocycles. The minimum absolute atomic E-state index is 0.00594. The molecule has 2 fully saturated rings. The van der Waals surface area contributed by atoms with Crippen LogP contribution in [0.4, 0.5) is 17.2 Å². The number of ether oxygens (including phenoxy) is 2. The van der Waals surface area contributed by atoms with Crippen molar-refractivity contribution in [1.82, 2.24) is 49.9 Å². The molecule has 0 spiro atoms. The minimum atomic E-state index is -0.951. The largest absolute Gasteiger partial charge is 0.391 e. The number of likely N-dealkylation sites (tertiary alicyclic amines) is 1. The lowest BCUT2D eigenvalue weighted by Crippen LogP contribution is -2.57. The summed E-state index contributed by atoms with van der Waals surface area (Å²) >= 11 is 3.25. The maximum Gasteiger partial charge on any atom is 0.293 e. The summed E-state index contributed by atoms with van der Waals surface area (Å²) in [4.78, 5) is 94.9. The molecule has 2 aliphatic heterocycles. The Morgan fingerprint density at radius 1 is 0.876 bits per heavy atom. The molecule has 1 aliphatic carbocycles. The van der Waals surface area contributed by atoms with Crippen molar-refractivity contribution < 1.29 is 38.6 Å². The number of nitrogens with one attached hydrogen (secondary N) is 4. The van der Waals surface area contributed by atoms with E-state index in [0.717, 1.165) is 53.5 Å². The van der Waals surface area contributed by atoms with Crippen molar-refractivity contribution in [1.29, 1.82) is 0 Å². The van der Waals surface area contributed by atoms with E-state index in [1.54, 1.807) is 40.6 Å². The zero-order valence-electron chi connectivity index (χ0n) is 51.7. The lowest BCUT2D eigenvalue weighted by molar-refractivity contribution is -0.144. The normalized spacial score (nSPS) is 17.3. The predicted octanol–water partition coefficient (Wildman–Crippen LogP) is 7.61. The number of nitrogens with zero attached hydrogens (tertiary/aromatic N) is 8. The molecule has 23 heteroatoms. The van der Waals surface area contributed by atoms with Crippen molar-refractivity contribution in [2.24, 2.45) is 12.5 Å². The second kappa shape index (κ2) is 28.7. The number of aromatic nitrogens is 5.